The van der Waals surface area contributed by atoms with Crippen molar-refractivity contribution in [3.8, 4) is 11.1 Å². The summed E-state index contributed by atoms with van der Waals surface area (Å²) < 4.78 is 5.55. The van der Waals surface area contributed by atoms with Crippen molar-refractivity contribution in [3.63, 3.8) is 0 Å². The van der Waals surface area contributed by atoms with Gasteiger partial charge in [0.2, 0.25) is 5.91 Å². The summed E-state index contributed by atoms with van der Waals surface area (Å²) in [6.07, 6.45) is -1.97. The van der Waals surface area contributed by atoms with Gasteiger partial charge in [0.1, 0.15) is 6.61 Å². The van der Waals surface area contributed by atoms with Crippen LogP contribution in [0.4, 0.5) is 10.5 Å². The molecule has 0 radical (unpaired) electrons. The lowest BCUT2D eigenvalue weighted by atomic mass is 9.98. The van der Waals surface area contributed by atoms with E-state index in [9.17, 15) is 19.5 Å². The number of carboxylic acids is 1. The van der Waals surface area contributed by atoms with Gasteiger partial charge in [-0.05, 0) is 46.9 Å². The minimum atomic E-state index is -1.40. The van der Waals surface area contributed by atoms with Crippen LogP contribution in [0, 0.1) is 0 Å². The molecule has 0 fully saturated rings. The van der Waals surface area contributed by atoms with Gasteiger partial charge in [0, 0.05) is 11.6 Å². The average Bonchev–Trinajstić information content (AvgIpc) is 3.15. The monoisotopic (exact) mass is 474 g/mol. The van der Waals surface area contributed by atoms with Crippen LogP contribution in [-0.2, 0) is 20.7 Å². The number of anilines is 1. The summed E-state index contributed by atoms with van der Waals surface area (Å²) in [5.74, 6) is -1.94. The summed E-state index contributed by atoms with van der Waals surface area (Å²) in [5.41, 5.74) is 5.52. The van der Waals surface area contributed by atoms with Crippen LogP contribution in [0.2, 0.25) is 0 Å². The van der Waals surface area contributed by atoms with E-state index < -0.39 is 30.1 Å². The molecule has 1 aliphatic carbocycles. The zero-order valence-corrected chi connectivity index (χ0v) is 19.1. The molecule has 0 saturated heterocycles. The van der Waals surface area contributed by atoms with Crippen molar-refractivity contribution < 1.29 is 29.3 Å². The first-order valence-corrected chi connectivity index (χ1v) is 11.2. The van der Waals surface area contributed by atoms with Gasteiger partial charge in [-0.15, -0.1) is 0 Å². The van der Waals surface area contributed by atoms with E-state index in [0.717, 1.165) is 22.3 Å². The predicted molar refractivity (Wildman–Crippen MR) is 130 cm³/mol. The number of hydrogen-bond acceptors (Lipinski definition) is 5. The molecule has 3 aromatic rings. The number of rotatable bonds is 8. The van der Waals surface area contributed by atoms with Gasteiger partial charge in [0.05, 0.1) is 12.5 Å². The van der Waals surface area contributed by atoms with Gasteiger partial charge in [-0.2, -0.15) is 0 Å². The SMILES string of the molecule is CC(O)C(NC(=O)Cc1cccc(NC(=O)OCC2c3ccccc3-c3ccccc32)c1)C(=O)O. The molecule has 0 bridgehead atoms. The first-order chi connectivity index (χ1) is 16.8. The Kier molecular flexibility index (Phi) is 7.12. The number of aliphatic hydroxyl groups is 1. The highest BCUT2D eigenvalue weighted by Gasteiger charge is 2.29. The van der Waals surface area contributed by atoms with E-state index in [-0.39, 0.29) is 18.9 Å². The second-order valence-electron chi connectivity index (χ2n) is 8.45. The van der Waals surface area contributed by atoms with Crippen LogP contribution in [0.25, 0.3) is 11.1 Å². The number of nitrogens with one attached hydrogen (secondary N) is 2. The molecule has 2 unspecified atom stereocenters. The van der Waals surface area contributed by atoms with E-state index >= 15 is 0 Å². The highest BCUT2D eigenvalue weighted by atomic mass is 16.5. The summed E-state index contributed by atoms with van der Waals surface area (Å²) >= 11 is 0. The molecule has 1 aliphatic rings. The largest absolute Gasteiger partial charge is 0.480 e. The first-order valence-electron chi connectivity index (χ1n) is 11.2. The van der Waals surface area contributed by atoms with E-state index in [1.54, 1.807) is 24.3 Å². The Morgan fingerprint density at radius 2 is 1.57 bits per heavy atom. The van der Waals surface area contributed by atoms with Crippen LogP contribution in [0.5, 0.6) is 0 Å². The van der Waals surface area contributed by atoms with Gasteiger partial charge in [-0.1, -0.05) is 60.7 Å². The van der Waals surface area contributed by atoms with Crippen molar-refractivity contribution in [2.75, 3.05) is 11.9 Å². The van der Waals surface area contributed by atoms with Gasteiger partial charge < -0.3 is 20.3 Å². The van der Waals surface area contributed by atoms with Gasteiger partial charge >= 0.3 is 12.1 Å². The molecule has 180 valence electrons. The average molecular weight is 475 g/mol. The van der Waals surface area contributed by atoms with Crippen molar-refractivity contribution in [1.29, 1.82) is 0 Å². The Morgan fingerprint density at radius 3 is 2.17 bits per heavy atom. The van der Waals surface area contributed by atoms with Gasteiger partial charge in [-0.3, -0.25) is 10.1 Å². The Bertz CT molecular complexity index is 1210. The predicted octanol–water partition coefficient (Wildman–Crippen LogP) is 3.54. The van der Waals surface area contributed by atoms with E-state index in [4.69, 9.17) is 9.84 Å². The lowest BCUT2D eigenvalue weighted by molar-refractivity contribution is -0.144. The number of aliphatic hydroxyl groups excluding tert-OH is 1. The maximum Gasteiger partial charge on any atom is 0.411 e. The number of benzene rings is 3. The highest BCUT2D eigenvalue weighted by molar-refractivity contribution is 5.87. The molecule has 8 heteroatoms. The lowest BCUT2D eigenvalue weighted by Crippen LogP contribution is -2.48. The third-order valence-electron chi connectivity index (χ3n) is 5.95. The number of hydrogen-bond donors (Lipinski definition) is 4. The molecule has 2 atom stereocenters. The van der Waals surface area contributed by atoms with Crippen LogP contribution in [0.3, 0.4) is 0 Å². The number of amides is 2. The molecule has 3 aromatic carbocycles. The molecule has 0 aliphatic heterocycles. The van der Waals surface area contributed by atoms with Crippen molar-refractivity contribution in [2.45, 2.75) is 31.4 Å². The van der Waals surface area contributed by atoms with E-state index in [0.29, 0.717) is 11.3 Å². The first kappa shape index (κ1) is 24.0. The lowest BCUT2D eigenvalue weighted by Gasteiger charge is -2.17. The second kappa shape index (κ2) is 10.4. The summed E-state index contributed by atoms with van der Waals surface area (Å²) in [6.45, 7) is 1.47. The van der Waals surface area contributed by atoms with Crippen LogP contribution in [0.15, 0.2) is 72.8 Å². The van der Waals surface area contributed by atoms with Crippen molar-refractivity contribution in [3.05, 3.63) is 89.5 Å². The van der Waals surface area contributed by atoms with E-state index in [2.05, 4.69) is 22.8 Å². The Morgan fingerprint density at radius 1 is 0.943 bits per heavy atom. The Hall–Kier alpha value is -4.17. The number of fused-ring (bicyclic) bond motifs is 3. The van der Waals surface area contributed by atoms with Gasteiger partial charge in [0.25, 0.3) is 0 Å². The molecule has 2 amide bonds. The molecule has 4 rings (SSSR count). The summed E-state index contributed by atoms with van der Waals surface area (Å²) in [5, 5.41) is 23.6. The quantitative estimate of drug-likeness (QED) is 0.396. The fourth-order valence-corrected chi connectivity index (χ4v) is 4.31. The number of ether oxygens (including phenoxy) is 1. The van der Waals surface area contributed by atoms with E-state index in [1.807, 2.05) is 36.4 Å². The summed E-state index contributed by atoms with van der Waals surface area (Å²) in [6, 6.07) is 21.4. The van der Waals surface area contributed by atoms with Crippen molar-refractivity contribution in [1.82, 2.24) is 5.32 Å². The Balaban J connectivity index is 1.36. The highest BCUT2D eigenvalue weighted by Crippen LogP contribution is 2.44. The zero-order valence-electron chi connectivity index (χ0n) is 19.1. The number of carbonyl (C=O) groups is 3. The van der Waals surface area contributed by atoms with Gasteiger partial charge in [0.15, 0.2) is 6.04 Å². The van der Waals surface area contributed by atoms with Crippen LogP contribution in [-0.4, -0.2) is 46.9 Å². The van der Waals surface area contributed by atoms with Crippen LogP contribution < -0.4 is 10.6 Å². The molecule has 4 N–H and O–H groups in total. The fraction of sp³-hybridized carbons (Fsp3) is 0.222. The third kappa shape index (κ3) is 5.50. The smallest absolute Gasteiger partial charge is 0.411 e. The number of carbonyl (C=O) groups excluding carboxylic acids is 2. The van der Waals surface area contributed by atoms with Crippen LogP contribution in [0.1, 0.15) is 29.5 Å². The Labute approximate surface area is 202 Å². The fourth-order valence-electron chi connectivity index (χ4n) is 4.31. The third-order valence-corrected chi connectivity index (χ3v) is 5.95. The number of aliphatic carboxylic acids is 1. The van der Waals surface area contributed by atoms with Crippen molar-refractivity contribution >= 4 is 23.7 Å². The number of carboxylic acid groups (broad SMARTS) is 1. The van der Waals surface area contributed by atoms with Crippen LogP contribution >= 0.6 is 0 Å². The molecule has 0 spiro atoms. The summed E-state index contributed by atoms with van der Waals surface area (Å²) in [7, 11) is 0. The molecule has 0 aromatic heterocycles. The van der Waals surface area contributed by atoms with E-state index in [1.165, 1.54) is 6.92 Å². The topological polar surface area (TPSA) is 125 Å². The molecular weight excluding hydrogens is 448 g/mol. The second-order valence-corrected chi connectivity index (χ2v) is 8.45. The minimum Gasteiger partial charge on any atom is -0.480 e. The minimum absolute atomic E-state index is 0.0562. The molecule has 8 nitrogen and oxygen atoms in total. The van der Waals surface area contributed by atoms with Crippen molar-refractivity contribution in [2.24, 2.45) is 0 Å². The molecule has 35 heavy (non-hydrogen) atoms. The normalized spacial score (nSPS) is 13.8. The zero-order chi connectivity index (χ0) is 24.9. The maximum atomic E-state index is 12.5. The standard InChI is InChI=1S/C27H26N2O6/c1-16(30)25(26(32)33)29-24(31)14-17-7-6-8-18(13-17)28-27(34)35-15-23-21-11-4-2-9-19(21)20-10-3-5-12-22(20)23/h2-13,16,23,25,30H,14-15H2,1H3,(H,28,34)(H,29,31)(H,32,33). The molecule has 0 heterocycles. The summed E-state index contributed by atoms with van der Waals surface area (Å²) in [4.78, 5) is 35.9. The molecular formula is C27H26N2O6. The van der Waals surface area contributed by atoms with Gasteiger partial charge in [-0.25, -0.2) is 9.59 Å². The maximum absolute atomic E-state index is 12.5. The molecule has 0 saturated carbocycles.